The third-order valence-electron chi connectivity index (χ3n) is 4.87. The molecule has 1 amide bonds. The molecular weight excluding hydrogens is 418 g/mol. The maximum Gasteiger partial charge on any atom is 0.300 e. The highest BCUT2D eigenvalue weighted by molar-refractivity contribution is 6.30. The van der Waals surface area contributed by atoms with Crippen LogP contribution < -0.4 is 15.6 Å². The van der Waals surface area contributed by atoms with Gasteiger partial charge in [0.05, 0.1) is 7.11 Å². The van der Waals surface area contributed by atoms with E-state index >= 15 is 0 Å². The Morgan fingerprint density at radius 1 is 1.06 bits per heavy atom. The molecule has 4 rings (SSSR count). The molecule has 0 aliphatic rings. The van der Waals surface area contributed by atoms with E-state index in [2.05, 4.69) is 15.5 Å². The van der Waals surface area contributed by atoms with Gasteiger partial charge in [-0.25, -0.2) is 0 Å². The molecule has 0 saturated carbocycles. The summed E-state index contributed by atoms with van der Waals surface area (Å²) in [5.41, 5.74) is 1.57. The van der Waals surface area contributed by atoms with E-state index < -0.39 is 0 Å². The Labute approximate surface area is 183 Å². The van der Waals surface area contributed by atoms with Crippen molar-refractivity contribution in [3.63, 3.8) is 0 Å². The van der Waals surface area contributed by atoms with E-state index in [4.69, 9.17) is 16.3 Å². The molecule has 2 heterocycles. The molecule has 0 saturated heterocycles. The minimum atomic E-state index is -0.293. The Bertz CT molecular complexity index is 1260. The zero-order valence-corrected chi connectivity index (χ0v) is 17.5. The second kappa shape index (κ2) is 9.01. The average molecular weight is 438 g/mol. The number of ether oxygens (including phenoxy) is 1. The molecule has 31 heavy (non-hydrogen) atoms. The van der Waals surface area contributed by atoms with E-state index in [1.807, 2.05) is 12.1 Å². The van der Waals surface area contributed by atoms with Gasteiger partial charge in [0.1, 0.15) is 11.6 Å². The number of hydrogen-bond donors (Lipinski definition) is 1. The number of nitrogens with one attached hydrogen (secondary N) is 1. The van der Waals surface area contributed by atoms with E-state index in [1.54, 1.807) is 60.3 Å². The van der Waals surface area contributed by atoms with Crippen molar-refractivity contribution < 1.29 is 9.53 Å². The van der Waals surface area contributed by atoms with Crippen LogP contribution in [0.2, 0.25) is 5.02 Å². The molecule has 0 radical (unpaired) electrons. The van der Waals surface area contributed by atoms with Crippen LogP contribution in [0.5, 0.6) is 5.75 Å². The number of carbonyl (C=O) groups is 1. The topological polar surface area (TPSA) is 90.5 Å². The van der Waals surface area contributed by atoms with E-state index in [1.165, 1.54) is 4.57 Å². The first-order valence-corrected chi connectivity index (χ1v) is 10.0. The number of rotatable bonds is 7. The maximum absolute atomic E-state index is 12.8. The highest BCUT2D eigenvalue weighted by Crippen LogP contribution is 2.14. The average Bonchev–Trinajstić information content (AvgIpc) is 3.21. The van der Waals surface area contributed by atoms with Crippen molar-refractivity contribution in [2.45, 2.75) is 19.4 Å². The molecule has 9 heteroatoms. The summed E-state index contributed by atoms with van der Waals surface area (Å²) < 4.78 is 8.26. The lowest BCUT2D eigenvalue weighted by Gasteiger charge is -2.08. The van der Waals surface area contributed by atoms with Crippen LogP contribution in [0.4, 0.5) is 0 Å². The zero-order valence-electron chi connectivity index (χ0n) is 16.8. The van der Waals surface area contributed by atoms with Crippen LogP contribution in [0, 0.1) is 0 Å². The quantitative estimate of drug-likeness (QED) is 0.480. The Balaban J connectivity index is 1.44. The van der Waals surface area contributed by atoms with Gasteiger partial charge in [0.15, 0.2) is 0 Å². The van der Waals surface area contributed by atoms with Crippen LogP contribution in [0.1, 0.15) is 17.8 Å². The van der Waals surface area contributed by atoms with Gasteiger partial charge in [-0.1, -0.05) is 23.7 Å². The van der Waals surface area contributed by atoms with Gasteiger partial charge in [-0.3, -0.25) is 18.6 Å². The van der Waals surface area contributed by atoms with Crippen LogP contribution in [0.15, 0.2) is 65.7 Å². The molecule has 4 aromatic rings. The number of methoxy groups -OCH3 is 1. The van der Waals surface area contributed by atoms with Crippen LogP contribution in [0.25, 0.3) is 11.3 Å². The molecule has 0 fully saturated rings. The first kappa shape index (κ1) is 20.6. The van der Waals surface area contributed by atoms with Gasteiger partial charge in [-0.2, -0.15) is 0 Å². The smallest absolute Gasteiger partial charge is 0.300 e. The third-order valence-corrected chi connectivity index (χ3v) is 5.12. The Hall–Kier alpha value is -3.65. The first-order valence-electron chi connectivity index (χ1n) is 9.66. The van der Waals surface area contributed by atoms with E-state index in [0.29, 0.717) is 35.2 Å². The fraction of sp³-hybridized carbons (Fsp3) is 0.182. The minimum absolute atomic E-state index is 0.113. The maximum atomic E-state index is 12.8. The van der Waals surface area contributed by atoms with Crippen molar-refractivity contribution in [3.05, 3.63) is 87.7 Å². The molecule has 158 valence electrons. The molecule has 0 atom stereocenters. The number of hydrogen-bond acceptors (Lipinski definition) is 5. The van der Waals surface area contributed by atoms with Crippen LogP contribution in [0.3, 0.4) is 0 Å². The van der Waals surface area contributed by atoms with Crippen molar-refractivity contribution in [2.75, 3.05) is 7.11 Å². The Morgan fingerprint density at radius 3 is 2.52 bits per heavy atom. The lowest BCUT2D eigenvalue weighted by molar-refractivity contribution is -0.121. The molecule has 0 bridgehead atoms. The molecule has 8 nitrogen and oxygen atoms in total. The molecule has 2 aromatic heterocycles. The van der Waals surface area contributed by atoms with Crippen molar-refractivity contribution in [1.82, 2.24) is 24.5 Å². The van der Waals surface area contributed by atoms with Gasteiger partial charge < -0.3 is 10.1 Å². The fourth-order valence-electron chi connectivity index (χ4n) is 3.17. The highest BCUT2D eigenvalue weighted by atomic mass is 35.5. The second-order valence-corrected chi connectivity index (χ2v) is 7.32. The summed E-state index contributed by atoms with van der Waals surface area (Å²) >= 11 is 5.87. The van der Waals surface area contributed by atoms with Crippen molar-refractivity contribution >= 4 is 23.2 Å². The molecule has 0 spiro atoms. The fourth-order valence-corrected chi connectivity index (χ4v) is 3.29. The lowest BCUT2D eigenvalue weighted by atomic mass is 10.2. The number of nitrogens with zero attached hydrogens (tertiary/aromatic N) is 4. The summed E-state index contributed by atoms with van der Waals surface area (Å²) in [4.78, 5) is 25.0. The monoisotopic (exact) mass is 437 g/mol. The lowest BCUT2D eigenvalue weighted by Crippen LogP contribution is -2.23. The predicted octanol–water partition coefficient (Wildman–Crippen LogP) is 2.79. The van der Waals surface area contributed by atoms with Gasteiger partial charge in [-0.05, 0) is 42.0 Å². The largest absolute Gasteiger partial charge is 0.497 e. The number of carbonyl (C=O) groups excluding carboxylic acids is 1. The third kappa shape index (κ3) is 4.59. The molecule has 1 N–H and O–H groups in total. The normalized spacial score (nSPS) is 10.9. The van der Waals surface area contributed by atoms with Crippen LogP contribution in [-0.4, -0.2) is 32.2 Å². The number of benzene rings is 2. The van der Waals surface area contributed by atoms with E-state index in [0.717, 1.165) is 5.56 Å². The van der Waals surface area contributed by atoms with Gasteiger partial charge in [0.2, 0.25) is 11.6 Å². The second-order valence-electron chi connectivity index (χ2n) is 6.88. The summed E-state index contributed by atoms with van der Waals surface area (Å²) in [6, 6.07) is 14.4. The van der Waals surface area contributed by atoms with Gasteiger partial charge in [0.25, 0.3) is 0 Å². The SMILES string of the molecule is COc1ccc(-n2ccn3c(CCC(=O)NCc4ccc(Cl)cc4)nnc3c2=O)cc1. The Kier molecular flexibility index (Phi) is 5.99. The summed E-state index contributed by atoms with van der Waals surface area (Å²) in [5.74, 6) is 1.14. The predicted molar refractivity (Wildman–Crippen MR) is 117 cm³/mol. The highest BCUT2D eigenvalue weighted by Gasteiger charge is 2.13. The number of halogens is 1. The van der Waals surface area contributed by atoms with Gasteiger partial charge >= 0.3 is 5.56 Å². The van der Waals surface area contributed by atoms with Crippen molar-refractivity contribution in [1.29, 1.82) is 0 Å². The molecule has 2 aromatic carbocycles. The van der Waals surface area contributed by atoms with E-state index in [9.17, 15) is 9.59 Å². The molecule has 0 unspecified atom stereocenters. The van der Waals surface area contributed by atoms with Gasteiger partial charge in [-0.15, -0.1) is 10.2 Å². The Morgan fingerprint density at radius 2 is 1.81 bits per heavy atom. The number of amides is 1. The molecular formula is C22H20ClN5O3. The number of fused-ring (bicyclic) bond motifs is 1. The summed E-state index contributed by atoms with van der Waals surface area (Å²) in [6.07, 6.45) is 3.97. The number of aromatic nitrogens is 4. The van der Waals surface area contributed by atoms with Crippen LogP contribution >= 0.6 is 11.6 Å². The van der Waals surface area contributed by atoms with Crippen molar-refractivity contribution in [2.24, 2.45) is 0 Å². The zero-order chi connectivity index (χ0) is 21.8. The standard InChI is InChI=1S/C22H20ClN5O3/c1-31-18-8-6-17(7-9-18)27-12-13-28-19(25-26-21(28)22(27)30)10-11-20(29)24-14-15-2-4-16(23)5-3-15/h2-9,12-13H,10-11,14H2,1H3,(H,24,29). The van der Waals surface area contributed by atoms with Crippen LogP contribution in [-0.2, 0) is 17.8 Å². The minimum Gasteiger partial charge on any atom is -0.497 e. The van der Waals surface area contributed by atoms with Crippen molar-refractivity contribution in [3.8, 4) is 11.4 Å². The summed E-state index contributed by atoms with van der Waals surface area (Å²) in [7, 11) is 1.59. The molecule has 0 aliphatic carbocycles. The molecule has 0 aliphatic heterocycles. The number of aryl methyl sites for hydroxylation is 1. The summed E-state index contributed by atoms with van der Waals surface area (Å²) in [5, 5.41) is 11.6. The summed E-state index contributed by atoms with van der Waals surface area (Å²) in [6.45, 7) is 0.420. The first-order chi connectivity index (χ1) is 15.0. The van der Waals surface area contributed by atoms with E-state index in [-0.39, 0.29) is 23.5 Å². The van der Waals surface area contributed by atoms with Gasteiger partial charge in [0, 0.05) is 42.5 Å².